The van der Waals surface area contributed by atoms with Gasteiger partial charge in [-0.3, -0.25) is 14.4 Å². The normalized spacial score (nSPS) is 11.5. The van der Waals surface area contributed by atoms with Gasteiger partial charge in [0.15, 0.2) is 11.6 Å². The van der Waals surface area contributed by atoms with E-state index in [-0.39, 0.29) is 19.6 Å². The summed E-state index contributed by atoms with van der Waals surface area (Å²) < 4.78 is 5.35. The van der Waals surface area contributed by atoms with Crippen LogP contribution in [0.5, 0.6) is 5.75 Å². The number of aliphatic hydroxyl groups excluding tert-OH is 2. The van der Waals surface area contributed by atoms with Crippen LogP contribution in [0.15, 0.2) is 78.9 Å². The average molecular weight is 462 g/mol. The third-order valence-electron chi connectivity index (χ3n) is 5.27. The maximum absolute atomic E-state index is 12.7. The topological polar surface area (TPSA) is 113 Å². The van der Waals surface area contributed by atoms with Crippen LogP contribution in [0.2, 0.25) is 0 Å². The molecule has 0 saturated carbocycles. The Morgan fingerprint density at radius 3 is 2.00 bits per heavy atom. The van der Waals surface area contributed by atoms with E-state index in [2.05, 4.69) is 5.32 Å². The molecule has 1 unspecified atom stereocenters. The second-order valence-electron chi connectivity index (χ2n) is 7.66. The van der Waals surface area contributed by atoms with E-state index in [1.54, 1.807) is 36.4 Å². The first-order chi connectivity index (χ1) is 16.5. The molecule has 1 atom stereocenters. The number of aryl methyl sites for hydroxylation is 1. The quantitative estimate of drug-likeness (QED) is 0.358. The first-order valence-corrected chi connectivity index (χ1v) is 11.0. The summed E-state index contributed by atoms with van der Waals surface area (Å²) in [6.07, 6.45) is 0.501. The Labute approximate surface area is 198 Å². The Balaban J connectivity index is 1.64. The van der Waals surface area contributed by atoms with Gasteiger partial charge in [-0.25, -0.2) is 0 Å². The number of rotatable bonds is 12. The van der Waals surface area contributed by atoms with Gasteiger partial charge in [0.2, 0.25) is 0 Å². The van der Waals surface area contributed by atoms with Crippen LogP contribution in [0.1, 0.15) is 22.3 Å². The lowest BCUT2D eigenvalue weighted by Gasteiger charge is -2.16. The van der Waals surface area contributed by atoms with E-state index in [0.717, 1.165) is 16.7 Å². The largest absolute Gasteiger partial charge is 0.491 e. The van der Waals surface area contributed by atoms with E-state index in [0.29, 0.717) is 17.7 Å². The second kappa shape index (κ2) is 12.4. The summed E-state index contributed by atoms with van der Waals surface area (Å²) in [6.45, 7) is -0.675. The summed E-state index contributed by atoms with van der Waals surface area (Å²) in [6, 6.07) is 22.0. The molecule has 0 aliphatic carbocycles. The summed E-state index contributed by atoms with van der Waals surface area (Å²) in [5, 5.41) is 20.6. The van der Waals surface area contributed by atoms with Gasteiger partial charge >= 0.3 is 0 Å². The van der Waals surface area contributed by atoms with Gasteiger partial charge in [0.25, 0.3) is 5.91 Å². The molecule has 7 heteroatoms. The molecule has 3 rings (SSSR count). The Hall–Kier alpha value is -3.81. The molecule has 176 valence electrons. The molecule has 0 aliphatic heterocycles. The molecule has 0 aromatic heterocycles. The maximum atomic E-state index is 12.7. The van der Waals surface area contributed by atoms with Crippen LogP contribution in [0.3, 0.4) is 0 Å². The van der Waals surface area contributed by atoms with Crippen molar-refractivity contribution in [2.75, 3.05) is 19.8 Å². The first-order valence-electron chi connectivity index (χ1n) is 11.0. The van der Waals surface area contributed by atoms with Crippen molar-refractivity contribution in [1.82, 2.24) is 5.32 Å². The lowest BCUT2D eigenvalue weighted by Crippen LogP contribution is -2.47. The van der Waals surface area contributed by atoms with E-state index in [4.69, 9.17) is 9.84 Å². The number of benzene rings is 3. The zero-order valence-electron chi connectivity index (χ0n) is 18.6. The van der Waals surface area contributed by atoms with Crippen LogP contribution >= 0.6 is 0 Å². The molecule has 34 heavy (non-hydrogen) atoms. The predicted octanol–water partition coefficient (Wildman–Crippen LogP) is 2.59. The standard InChI is InChI=1S/C27H27NO6/c29-16-17-34-23-13-11-21(12-14-23)20-7-9-22(10-8-20)27(33)28-26(25(32)18-30)24(31)15-6-19-4-2-1-3-5-19/h1-5,7-14,26,29-30H,6,15-18H2,(H,28,33). The van der Waals surface area contributed by atoms with E-state index < -0.39 is 30.1 Å². The van der Waals surface area contributed by atoms with E-state index >= 15 is 0 Å². The molecule has 7 nitrogen and oxygen atoms in total. The molecule has 0 aliphatic rings. The number of Topliss-reactive ketones (excluding diaryl/α,β-unsaturated/α-hetero) is 2. The van der Waals surface area contributed by atoms with Crippen molar-refractivity contribution in [1.29, 1.82) is 0 Å². The van der Waals surface area contributed by atoms with Gasteiger partial charge in [-0.1, -0.05) is 54.6 Å². The van der Waals surface area contributed by atoms with Crippen molar-refractivity contribution in [2.45, 2.75) is 18.9 Å². The van der Waals surface area contributed by atoms with Crippen molar-refractivity contribution in [3.8, 4) is 16.9 Å². The molecule has 3 aromatic rings. The molecule has 0 heterocycles. The SMILES string of the molecule is O=C(NC(C(=O)CO)C(=O)CCc1ccccc1)c1ccc(-c2ccc(OCCO)cc2)cc1. The molecule has 0 saturated heterocycles. The van der Waals surface area contributed by atoms with Crippen molar-refractivity contribution >= 4 is 17.5 Å². The third-order valence-corrected chi connectivity index (χ3v) is 5.27. The van der Waals surface area contributed by atoms with Crippen LogP contribution in [-0.2, 0) is 16.0 Å². The van der Waals surface area contributed by atoms with Gasteiger partial charge in [-0.2, -0.15) is 0 Å². The molecule has 0 spiro atoms. The summed E-state index contributed by atoms with van der Waals surface area (Å²) in [5.74, 6) is -1.12. The fraction of sp³-hybridized carbons (Fsp3) is 0.222. The Morgan fingerprint density at radius 2 is 1.41 bits per heavy atom. The molecule has 1 amide bonds. The number of carbonyl (C=O) groups excluding carboxylic acids is 3. The highest BCUT2D eigenvalue weighted by molar-refractivity contribution is 6.11. The number of aliphatic hydroxyl groups is 2. The summed E-state index contributed by atoms with van der Waals surface area (Å²) in [5.41, 5.74) is 3.01. The number of hydrogen-bond donors (Lipinski definition) is 3. The van der Waals surface area contributed by atoms with Gasteiger partial charge in [0.1, 0.15) is 25.0 Å². The molecule has 0 radical (unpaired) electrons. The van der Waals surface area contributed by atoms with Gasteiger partial charge in [-0.05, 0) is 47.4 Å². The minimum absolute atomic E-state index is 0.0609. The van der Waals surface area contributed by atoms with Gasteiger partial charge in [-0.15, -0.1) is 0 Å². The number of ether oxygens (including phenoxy) is 1. The molecule has 0 bridgehead atoms. The fourth-order valence-corrected chi connectivity index (χ4v) is 3.42. The number of amides is 1. The zero-order chi connectivity index (χ0) is 24.3. The fourth-order valence-electron chi connectivity index (χ4n) is 3.42. The van der Waals surface area contributed by atoms with E-state index in [1.807, 2.05) is 42.5 Å². The van der Waals surface area contributed by atoms with Gasteiger partial charge in [0, 0.05) is 12.0 Å². The zero-order valence-corrected chi connectivity index (χ0v) is 18.6. The lowest BCUT2D eigenvalue weighted by atomic mass is 10.00. The van der Waals surface area contributed by atoms with Crippen molar-refractivity contribution in [3.05, 3.63) is 90.0 Å². The van der Waals surface area contributed by atoms with Crippen LogP contribution < -0.4 is 10.1 Å². The summed E-state index contributed by atoms with van der Waals surface area (Å²) in [7, 11) is 0. The minimum atomic E-state index is -1.40. The predicted molar refractivity (Wildman–Crippen MR) is 128 cm³/mol. The Bertz CT molecular complexity index is 1090. The van der Waals surface area contributed by atoms with E-state index in [1.165, 1.54) is 0 Å². The summed E-state index contributed by atoms with van der Waals surface area (Å²) >= 11 is 0. The number of ketones is 2. The minimum Gasteiger partial charge on any atom is -0.491 e. The lowest BCUT2D eigenvalue weighted by molar-refractivity contribution is -0.131. The van der Waals surface area contributed by atoms with Crippen molar-refractivity contribution < 1.29 is 29.3 Å². The van der Waals surface area contributed by atoms with Gasteiger partial charge in [0.05, 0.1) is 6.61 Å². The molecule has 0 fully saturated rings. The van der Waals surface area contributed by atoms with Crippen molar-refractivity contribution in [3.63, 3.8) is 0 Å². The molecule has 3 N–H and O–H groups in total. The summed E-state index contributed by atoms with van der Waals surface area (Å²) in [4.78, 5) is 37.5. The highest BCUT2D eigenvalue weighted by atomic mass is 16.5. The third kappa shape index (κ3) is 6.84. The number of hydrogen-bond acceptors (Lipinski definition) is 6. The van der Waals surface area contributed by atoms with Crippen LogP contribution in [0, 0.1) is 0 Å². The van der Waals surface area contributed by atoms with Crippen LogP contribution in [0.4, 0.5) is 0 Å². The monoisotopic (exact) mass is 461 g/mol. The molecular formula is C27H27NO6. The highest BCUT2D eigenvalue weighted by Crippen LogP contribution is 2.23. The second-order valence-corrected chi connectivity index (χ2v) is 7.66. The Morgan fingerprint density at radius 1 is 0.794 bits per heavy atom. The smallest absolute Gasteiger partial charge is 0.252 e. The highest BCUT2D eigenvalue weighted by Gasteiger charge is 2.27. The van der Waals surface area contributed by atoms with Crippen LogP contribution in [0.25, 0.3) is 11.1 Å². The molecule has 3 aromatic carbocycles. The average Bonchev–Trinajstić information content (AvgIpc) is 2.89. The number of nitrogens with one attached hydrogen (secondary N) is 1. The molecular weight excluding hydrogens is 434 g/mol. The first kappa shape index (κ1) is 24.8. The number of carbonyl (C=O) groups is 3. The van der Waals surface area contributed by atoms with Crippen molar-refractivity contribution in [2.24, 2.45) is 0 Å². The Kier molecular flexibility index (Phi) is 9.08. The van der Waals surface area contributed by atoms with E-state index in [9.17, 15) is 19.5 Å². The van der Waals surface area contributed by atoms with Gasteiger partial charge < -0.3 is 20.3 Å². The van der Waals surface area contributed by atoms with Crippen LogP contribution in [-0.4, -0.2) is 53.5 Å². The maximum Gasteiger partial charge on any atom is 0.252 e.